The van der Waals surface area contributed by atoms with E-state index in [0.717, 1.165) is 0 Å². The number of alkyl halides is 3. The van der Waals surface area contributed by atoms with Crippen LogP contribution < -0.4 is 5.73 Å². The highest BCUT2D eigenvalue weighted by molar-refractivity contribution is 5.85. The summed E-state index contributed by atoms with van der Waals surface area (Å²) in [4.78, 5) is 0. The van der Waals surface area contributed by atoms with E-state index in [4.69, 9.17) is 5.73 Å². The molecule has 0 aromatic carbocycles. The van der Waals surface area contributed by atoms with E-state index in [1.54, 1.807) is 0 Å². The maximum atomic E-state index is 12.1. The molecule has 1 aromatic rings. The van der Waals surface area contributed by atoms with Gasteiger partial charge in [0.15, 0.2) is 0 Å². The lowest BCUT2D eigenvalue weighted by Gasteiger charge is -2.04. The molecule has 13 heavy (non-hydrogen) atoms. The Hall–Kier alpha value is -0.680. The largest absolute Gasteiger partial charge is 0.469 e. The van der Waals surface area contributed by atoms with E-state index in [0.29, 0.717) is 6.26 Å². The van der Waals surface area contributed by atoms with Crippen LogP contribution in [-0.2, 0) is 12.7 Å². The normalized spacial score (nSPS) is 11.2. The standard InChI is InChI=1S/C7H8F3NO.ClH/c1-4-5(2-11)6(3-12-4)7(8,9)10;/h3H,2,11H2,1H3;1H. The van der Waals surface area contributed by atoms with Gasteiger partial charge >= 0.3 is 6.18 Å². The third kappa shape index (κ3) is 2.38. The third-order valence-corrected chi connectivity index (χ3v) is 1.61. The Morgan fingerprint density at radius 1 is 1.46 bits per heavy atom. The molecule has 0 aliphatic rings. The van der Waals surface area contributed by atoms with Crippen molar-refractivity contribution in [3.05, 3.63) is 23.2 Å². The second kappa shape index (κ2) is 4.02. The Bertz CT molecular complexity index is 282. The summed E-state index contributed by atoms with van der Waals surface area (Å²) in [5, 5.41) is 0. The molecule has 2 nitrogen and oxygen atoms in total. The van der Waals surface area contributed by atoms with Crippen molar-refractivity contribution in [1.82, 2.24) is 0 Å². The molecule has 0 fully saturated rings. The van der Waals surface area contributed by atoms with E-state index in [1.807, 2.05) is 0 Å². The molecule has 0 aliphatic heterocycles. The van der Waals surface area contributed by atoms with Crippen molar-refractivity contribution in [1.29, 1.82) is 0 Å². The molecule has 0 aliphatic carbocycles. The minimum absolute atomic E-state index is 0. The van der Waals surface area contributed by atoms with Crippen LogP contribution in [0.15, 0.2) is 10.7 Å². The van der Waals surface area contributed by atoms with Crippen LogP contribution in [0.1, 0.15) is 16.9 Å². The van der Waals surface area contributed by atoms with E-state index < -0.39 is 11.7 Å². The lowest BCUT2D eigenvalue weighted by molar-refractivity contribution is -0.138. The second-order valence-corrected chi connectivity index (χ2v) is 2.39. The molecule has 1 heterocycles. The lowest BCUT2D eigenvalue weighted by Crippen LogP contribution is -2.09. The number of aryl methyl sites for hydroxylation is 1. The van der Waals surface area contributed by atoms with Crippen LogP contribution in [0.2, 0.25) is 0 Å². The number of halogens is 4. The van der Waals surface area contributed by atoms with Crippen LogP contribution in [-0.4, -0.2) is 0 Å². The van der Waals surface area contributed by atoms with Gasteiger partial charge < -0.3 is 10.2 Å². The molecule has 0 spiro atoms. The van der Waals surface area contributed by atoms with Crippen molar-refractivity contribution in [3.63, 3.8) is 0 Å². The highest BCUT2D eigenvalue weighted by Crippen LogP contribution is 2.33. The van der Waals surface area contributed by atoms with Crippen molar-refractivity contribution in [2.45, 2.75) is 19.6 Å². The molecule has 0 saturated carbocycles. The Balaban J connectivity index is 0.00000144. The average molecular weight is 216 g/mol. The molecule has 0 saturated heterocycles. The number of nitrogens with two attached hydrogens (primary N) is 1. The molecule has 0 atom stereocenters. The summed E-state index contributed by atoms with van der Waals surface area (Å²) in [5.74, 6) is 0.227. The first-order valence-corrected chi connectivity index (χ1v) is 3.31. The molecule has 0 bridgehead atoms. The van der Waals surface area contributed by atoms with Crippen LogP contribution in [0.4, 0.5) is 13.2 Å². The van der Waals surface area contributed by atoms with E-state index in [2.05, 4.69) is 4.42 Å². The lowest BCUT2D eigenvalue weighted by atomic mass is 10.1. The smallest absolute Gasteiger partial charge is 0.419 e. The van der Waals surface area contributed by atoms with Crippen molar-refractivity contribution in [2.75, 3.05) is 0 Å². The predicted octanol–water partition coefficient (Wildman–Crippen LogP) is 2.49. The topological polar surface area (TPSA) is 39.2 Å². The van der Waals surface area contributed by atoms with Crippen molar-refractivity contribution >= 4 is 12.4 Å². The maximum Gasteiger partial charge on any atom is 0.419 e. The Labute approximate surface area is 79.3 Å². The molecule has 2 N–H and O–H groups in total. The van der Waals surface area contributed by atoms with Crippen LogP contribution >= 0.6 is 12.4 Å². The number of furan rings is 1. The first-order chi connectivity index (χ1) is 5.46. The first kappa shape index (κ1) is 12.3. The Morgan fingerprint density at radius 2 is 2.00 bits per heavy atom. The maximum absolute atomic E-state index is 12.1. The highest BCUT2D eigenvalue weighted by Gasteiger charge is 2.35. The second-order valence-electron chi connectivity index (χ2n) is 2.39. The summed E-state index contributed by atoms with van der Waals surface area (Å²) >= 11 is 0. The predicted molar refractivity (Wildman–Crippen MR) is 43.6 cm³/mol. The fraction of sp³-hybridized carbons (Fsp3) is 0.429. The van der Waals surface area contributed by atoms with Crippen LogP contribution in [0, 0.1) is 6.92 Å². The summed E-state index contributed by atoms with van der Waals surface area (Å²) in [5.41, 5.74) is 4.39. The van der Waals surface area contributed by atoms with E-state index >= 15 is 0 Å². The van der Waals surface area contributed by atoms with Gasteiger partial charge in [0.25, 0.3) is 0 Å². The Morgan fingerprint density at radius 3 is 2.31 bits per heavy atom. The summed E-state index contributed by atoms with van der Waals surface area (Å²) in [6, 6.07) is 0. The molecular weight excluding hydrogens is 207 g/mol. The molecule has 76 valence electrons. The molecule has 0 amide bonds. The minimum atomic E-state index is -4.37. The van der Waals surface area contributed by atoms with Gasteiger partial charge in [-0.05, 0) is 6.92 Å². The van der Waals surface area contributed by atoms with Gasteiger partial charge in [-0.15, -0.1) is 12.4 Å². The summed E-state index contributed by atoms with van der Waals surface area (Å²) < 4.78 is 41.0. The zero-order chi connectivity index (χ0) is 9.35. The van der Waals surface area contributed by atoms with Crippen LogP contribution in [0.25, 0.3) is 0 Å². The average Bonchev–Trinajstić information content (AvgIpc) is 2.29. The minimum Gasteiger partial charge on any atom is -0.469 e. The summed E-state index contributed by atoms with van der Waals surface area (Å²) in [6.45, 7) is 1.30. The van der Waals surface area contributed by atoms with Crippen LogP contribution in [0.3, 0.4) is 0 Å². The van der Waals surface area contributed by atoms with E-state index in [9.17, 15) is 13.2 Å². The van der Waals surface area contributed by atoms with E-state index in [-0.39, 0.29) is 30.3 Å². The van der Waals surface area contributed by atoms with Crippen molar-refractivity contribution in [3.8, 4) is 0 Å². The van der Waals surface area contributed by atoms with Gasteiger partial charge in [0.2, 0.25) is 0 Å². The summed E-state index contributed by atoms with van der Waals surface area (Å²) in [7, 11) is 0. The summed E-state index contributed by atoms with van der Waals surface area (Å²) in [6.07, 6.45) is -3.68. The van der Waals surface area contributed by atoms with Gasteiger partial charge in [0.05, 0.1) is 5.56 Å². The van der Waals surface area contributed by atoms with Crippen molar-refractivity contribution < 1.29 is 17.6 Å². The fourth-order valence-corrected chi connectivity index (χ4v) is 0.971. The van der Waals surface area contributed by atoms with Gasteiger partial charge in [-0.1, -0.05) is 0 Å². The quantitative estimate of drug-likeness (QED) is 0.782. The fourth-order valence-electron chi connectivity index (χ4n) is 0.971. The molecular formula is C7H9ClF3NO. The van der Waals surface area contributed by atoms with Gasteiger partial charge in [0.1, 0.15) is 12.0 Å². The van der Waals surface area contributed by atoms with Gasteiger partial charge in [-0.3, -0.25) is 0 Å². The van der Waals surface area contributed by atoms with Crippen LogP contribution in [0.5, 0.6) is 0 Å². The van der Waals surface area contributed by atoms with Gasteiger partial charge in [-0.2, -0.15) is 13.2 Å². The molecule has 1 rings (SSSR count). The molecule has 0 unspecified atom stereocenters. The Kier molecular flexibility index (Phi) is 3.81. The number of hydrogen-bond acceptors (Lipinski definition) is 2. The molecule has 0 radical (unpaired) electrons. The third-order valence-electron chi connectivity index (χ3n) is 1.61. The van der Waals surface area contributed by atoms with Crippen molar-refractivity contribution in [2.24, 2.45) is 5.73 Å². The first-order valence-electron chi connectivity index (χ1n) is 3.31. The molecule has 1 aromatic heterocycles. The zero-order valence-electron chi connectivity index (χ0n) is 6.81. The number of hydrogen-bond donors (Lipinski definition) is 1. The van der Waals surface area contributed by atoms with E-state index in [1.165, 1.54) is 6.92 Å². The molecule has 6 heteroatoms. The van der Waals surface area contributed by atoms with Gasteiger partial charge in [-0.25, -0.2) is 0 Å². The van der Waals surface area contributed by atoms with Gasteiger partial charge in [0, 0.05) is 12.1 Å². The zero-order valence-corrected chi connectivity index (χ0v) is 7.63. The highest BCUT2D eigenvalue weighted by atomic mass is 35.5. The monoisotopic (exact) mass is 215 g/mol. The number of rotatable bonds is 1. The SMILES string of the molecule is Cc1occ(C(F)(F)F)c1CN.Cl.